The lowest BCUT2D eigenvalue weighted by molar-refractivity contribution is -0.101. The van der Waals surface area contributed by atoms with Crippen LogP contribution in [0, 0.1) is 6.92 Å². The van der Waals surface area contributed by atoms with Crippen molar-refractivity contribution in [2.75, 3.05) is 26.9 Å². The second-order valence-electron chi connectivity index (χ2n) is 3.81. The van der Waals surface area contributed by atoms with Crippen LogP contribution in [0.3, 0.4) is 0 Å². The number of aryl methyl sites for hydroxylation is 1. The van der Waals surface area contributed by atoms with Crippen molar-refractivity contribution in [3.63, 3.8) is 0 Å². The first-order valence-corrected chi connectivity index (χ1v) is 6.95. The van der Waals surface area contributed by atoms with E-state index in [1.807, 2.05) is 7.05 Å². The molecule has 2 heterocycles. The second-order valence-corrected chi connectivity index (χ2v) is 6.45. The Hall–Kier alpha value is 0.0600. The third kappa shape index (κ3) is 2.65. The van der Waals surface area contributed by atoms with Crippen LogP contribution in [0.4, 0.5) is 0 Å². The van der Waals surface area contributed by atoms with E-state index in [-0.39, 0.29) is 12.1 Å². The molecule has 1 aliphatic rings. The van der Waals surface area contributed by atoms with Gasteiger partial charge in [0, 0.05) is 4.88 Å². The molecule has 0 aromatic carbocycles. The van der Waals surface area contributed by atoms with E-state index in [1.54, 1.807) is 11.3 Å². The minimum atomic E-state index is 0.110. The molecule has 16 heavy (non-hydrogen) atoms. The van der Waals surface area contributed by atoms with Gasteiger partial charge < -0.3 is 14.8 Å². The number of likely N-dealkylation sites (N-methyl/N-ethyl adjacent to an activating group) is 1. The zero-order chi connectivity index (χ0) is 11.5. The summed E-state index contributed by atoms with van der Waals surface area (Å²) in [4.78, 5) is 1.32. The third-order valence-electron chi connectivity index (χ3n) is 2.79. The summed E-state index contributed by atoms with van der Waals surface area (Å²) in [5.41, 5.74) is 1.30. The maximum absolute atomic E-state index is 5.75. The van der Waals surface area contributed by atoms with E-state index in [9.17, 15) is 0 Å². The van der Waals surface area contributed by atoms with Gasteiger partial charge in [-0.1, -0.05) is 0 Å². The molecule has 2 rings (SSSR count). The molecule has 1 aromatic heterocycles. The van der Waals surface area contributed by atoms with Crippen molar-refractivity contribution in [1.29, 1.82) is 0 Å². The Morgan fingerprint density at radius 3 is 2.88 bits per heavy atom. The predicted octanol–water partition coefficient (Wildman–Crippen LogP) is 2.49. The number of thiophene rings is 1. The maximum Gasteiger partial charge on any atom is 0.100 e. The van der Waals surface area contributed by atoms with Crippen molar-refractivity contribution in [2.24, 2.45) is 0 Å². The second kappa shape index (κ2) is 5.60. The molecule has 0 bridgehead atoms. The molecule has 2 atom stereocenters. The third-order valence-corrected chi connectivity index (χ3v) is 4.35. The monoisotopic (exact) mass is 305 g/mol. The fraction of sp³-hybridized carbons (Fsp3) is 0.636. The Morgan fingerprint density at radius 2 is 2.38 bits per heavy atom. The van der Waals surface area contributed by atoms with Crippen molar-refractivity contribution in [1.82, 2.24) is 5.32 Å². The highest BCUT2D eigenvalue weighted by atomic mass is 79.9. The molecule has 1 aliphatic heterocycles. The van der Waals surface area contributed by atoms with Crippen molar-refractivity contribution in [3.05, 3.63) is 20.3 Å². The molecule has 5 heteroatoms. The van der Waals surface area contributed by atoms with Crippen LogP contribution in [-0.4, -0.2) is 33.0 Å². The van der Waals surface area contributed by atoms with Gasteiger partial charge in [-0.15, -0.1) is 11.3 Å². The molecular formula is C11H16BrNO2S. The summed E-state index contributed by atoms with van der Waals surface area (Å²) in [6.45, 7) is 4.20. The average molecular weight is 306 g/mol. The lowest BCUT2D eigenvalue weighted by Gasteiger charge is -2.30. The van der Waals surface area contributed by atoms with Crippen molar-refractivity contribution in [2.45, 2.75) is 19.1 Å². The molecule has 1 saturated heterocycles. The van der Waals surface area contributed by atoms with Gasteiger partial charge in [0.05, 0.1) is 29.6 Å². The van der Waals surface area contributed by atoms with Crippen LogP contribution in [-0.2, 0) is 9.47 Å². The smallest absolute Gasteiger partial charge is 0.100 e. The van der Waals surface area contributed by atoms with Gasteiger partial charge in [0.2, 0.25) is 0 Å². The molecule has 0 saturated carbocycles. The summed E-state index contributed by atoms with van der Waals surface area (Å²) in [7, 11) is 1.97. The number of nitrogens with one attached hydrogen (secondary N) is 1. The highest BCUT2D eigenvalue weighted by Crippen LogP contribution is 2.33. The fourth-order valence-electron chi connectivity index (χ4n) is 2.01. The molecule has 0 amide bonds. The minimum Gasteiger partial charge on any atom is -0.376 e. The van der Waals surface area contributed by atoms with Crippen molar-refractivity contribution in [3.8, 4) is 0 Å². The van der Waals surface area contributed by atoms with Crippen LogP contribution in [0.15, 0.2) is 9.85 Å². The number of ether oxygens (including phenoxy) is 2. The zero-order valence-electron chi connectivity index (χ0n) is 9.46. The topological polar surface area (TPSA) is 30.5 Å². The first kappa shape index (κ1) is 12.5. The zero-order valence-corrected chi connectivity index (χ0v) is 11.9. The van der Waals surface area contributed by atoms with Gasteiger partial charge >= 0.3 is 0 Å². The van der Waals surface area contributed by atoms with Crippen LogP contribution >= 0.6 is 27.3 Å². The maximum atomic E-state index is 5.75. The normalized spacial score (nSPS) is 23.3. The molecule has 2 unspecified atom stereocenters. The first-order valence-electron chi connectivity index (χ1n) is 5.35. The Balaban J connectivity index is 2.17. The summed E-state index contributed by atoms with van der Waals surface area (Å²) in [6.07, 6.45) is 0.110. The number of hydrogen-bond donors (Lipinski definition) is 1. The lowest BCUT2D eigenvalue weighted by atomic mass is 10.0. The molecular weight excluding hydrogens is 290 g/mol. The molecule has 0 spiro atoms. The average Bonchev–Trinajstić information content (AvgIpc) is 2.61. The quantitative estimate of drug-likeness (QED) is 0.931. The van der Waals surface area contributed by atoms with Crippen LogP contribution < -0.4 is 5.32 Å². The molecule has 0 aliphatic carbocycles. The van der Waals surface area contributed by atoms with Gasteiger partial charge in [-0.25, -0.2) is 0 Å². The Morgan fingerprint density at radius 1 is 1.56 bits per heavy atom. The van der Waals surface area contributed by atoms with Crippen LogP contribution in [0.5, 0.6) is 0 Å². The highest BCUT2D eigenvalue weighted by Gasteiger charge is 2.27. The van der Waals surface area contributed by atoms with E-state index in [0.717, 1.165) is 3.79 Å². The van der Waals surface area contributed by atoms with Gasteiger partial charge in [0.15, 0.2) is 0 Å². The van der Waals surface area contributed by atoms with E-state index >= 15 is 0 Å². The van der Waals surface area contributed by atoms with E-state index in [1.165, 1.54) is 10.4 Å². The summed E-state index contributed by atoms with van der Waals surface area (Å²) in [6, 6.07) is 2.38. The minimum absolute atomic E-state index is 0.110. The standard InChI is InChI=1S/C11H16BrNO2S/c1-7-8(5-10(12)16-7)11(13-2)9-6-14-3-4-15-9/h5,9,11,13H,3-4,6H2,1-2H3. The summed E-state index contributed by atoms with van der Waals surface area (Å²) < 4.78 is 12.4. The Bertz CT molecular complexity index is 350. The Kier molecular flexibility index (Phi) is 4.38. The van der Waals surface area contributed by atoms with E-state index < -0.39 is 0 Å². The van der Waals surface area contributed by atoms with E-state index in [2.05, 4.69) is 34.2 Å². The number of halogens is 1. The molecule has 1 aromatic rings. The summed E-state index contributed by atoms with van der Waals surface area (Å²) in [5, 5.41) is 3.32. The lowest BCUT2D eigenvalue weighted by Crippen LogP contribution is -2.39. The van der Waals surface area contributed by atoms with E-state index in [4.69, 9.17) is 9.47 Å². The molecule has 1 N–H and O–H groups in total. The van der Waals surface area contributed by atoms with Crippen LogP contribution in [0.25, 0.3) is 0 Å². The van der Waals surface area contributed by atoms with Crippen molar-refractivity contribution >= 4 is 27.3 Å². The summed E-state index contributed by atoms with van der Waals surface area (Å²) in [5.74, 6) is 0. The van der Waals surface area contributed by atoms with Gasteiger partial charge in [0.25, 0.3) is 0 Å². The van der Waals surface area contributed by atoms with Gasteiger partial charge in [-0.3, -0.25) is 0 Å². The van der Waals surface area contributed by atoms with E-state index in [0.29, 0.717) is 19.8 Å². The van der Waals surface area contributed by atoms with Gasteiger partial charge in [-0.2, -0.15) is 0 Å². The molecule has 0 radical (unpaired) electrons. The fourth-order valence-corrected chi connectivity index (χ4v) is 3.76. The SMILES string of the molecule is CNC(c1cc(Br)sc1C)C1COCCO1. The molecule has 3 nitrogen and oxygen atoms in total. The highest BCUT2D eigenvalue weighted by molar-refractivity contribution is 9.11. The molecule has 90 valence electrons. The molecule has 1 fully saturated rings. The number of hydrogen-bond acceptors (Lipinski definition) is 4. The van der Waals surface area contributed by atoms with Gasteiger partial charge in [0.1, 0.15) is 6.10 Å². The summed E-state index contributed by atoms with van der Waals surface area (Å²) >= 11 is 5.28. The number of rotatable bonds is 3. The van der Waals surface area contributed by atoms with Crippen LogP contribution in [0.1, 0.15) is 16.5 Å². The van der Waals surface area contributed by atoms with Crippen LogP contribution in [0.2, 0.25) is 0 Å². The Labute approximate surface area is 108 Å². The van der Waals surface area contributed by atoms with Crippen molar-refractivity contribution < 1.29 is 9.47 Å². The predicted molar refractivity (Wildman–Crippen MR) is 69.1 cm³/mol. The first-order chi connectivity index (χ1) is 7.72. The van der Waals surface area contributed by atoms with Gasteiger partial charge in [-0.05, 0) is 41.5 Å². The largest absolute Gasteiger partial charge is 0.376 e.